The molecule has 0 amide bonds. The molecule has 0 heterocycles. The van der Waals surface area contributed by atoms with E-state index in [0.29, 0.717) is 6.10 Å². The van der Waals surface area contributed by atoms with Gasteiger partial charge in [0.15, 0.2) is 0 Å². The normalized spacial score (nSPS) is 13.4. The van der Waals surface area contributed by atoms with Crippen molar-refractivity contribution >= 4 is 0 Å². The van der Waals surface area contributed by atoms with Crippen LogP contribution in [0.25, 0.3) is 0 Å². The van der Waals surface area contributed by atoms with Crippen molar-refractivity contribution in [1.29, 1.82) is 0 Å². The van der Waals surface area contributed by atoms with Gasteiger partial charge in [0.2, 0.25) is 0 Å². The van der Waals surface area contributed by atoms with Gasteiger partial charge in [-0.05, 0) is 32.6 Å². The monoisotopic (exact) mass is 240 g/mol. The summed E-state index contributed by atoms with van der Waals surface area (Å²) < 4.78 is 5.61. The lowest BCUT2D eigenvalue weighted by Crippen LogP contribution is -2.07. The summed E-state index contributed by atoms with van der Waals surface area (Å²) in [7, 11) is 0. The third kappa shape index (κ3) is 13.6. The summed E-state index contributed by atoms with van der Waals surface area (Å²) >= 11 is 0. The summed E-state index contributed by atoms with van der Waals surface area (Å²) in [6.45, 7) is 7.48. The van der Waals surface area contributed by atoms with Gasteiger partial charge in [-0.3, -0.25) is 0 Å². The Hall–Kier alpha value is -0.300. The minimum absolute atomic E-state index is 0.385. The van der Waals surface area contributed by atoms with E-state index in [9.17, 15) is 0 Å². The van der Waals surface area contributed by atoms with Gasteiger partial charge >= 0.3 is 0 Å². The zero-order valence-electron chi connectivity index (χ0n) is 12.2. The number of unbranched alkanes of at least 4 members (excludes halogenated alkanes) is 6. The number of rotatable bonds is 12. The molecule has 1 unspecified atom stereocenters. The molecule has 0 aromatic rings. The fourth-order valence-corrected chi connectivity index (χ4v) is 1.84. The molecule has 0 aliphatic carbocycles. The van der Waals surface area contributed by atoms with E-state index in [2.05, 4.69) is 32.9 Å². The van der Waals surface area contributed by atoms with E-state index in [4.69, 9.17) is 4.74 Å². The zero-order chi connectivity index (χ0) is 12.8. The second-order valence-corrected chi connectivity index (χ2v) is 4.94. The van der Waals surface area contributed by atoms with Crippen LogP contribution in [0.4, 0.5) is 0 Å². The zero-order valence-corrected chi connectivity index (χ0v) is 12.2. The molecule has 1 nitrogen and oxygen atoms in total. The Bertz CT molecular complexity index is 163. The maximum absolute atomic E-state index is 5.61. The molecular formula is C16H32O. The van der Waals surface area contributed by atoms with Crippen molar-refractivity contribution in [3.8, 4) is 0 Å². The Morgan fingerprint density at radius 1 is 0.882 bits per heavy atom. The van der Waals surface area contributed by atoms with Gasteiger partial charge in [0, 0.05) is 6.61 Å². The summed E-state index contributed by atoms with van der Waals surface area (Å²) in [6.07, 6.45) is 16.7. The molecule has 0 saturated carbocycles. The molecule has 0 aliphatic heterocycles. The smallest absolute Gasteiger partial charge is 0.0581 e. The number of ether oxygens (including phenoxy) is 1. The molecule has 0 aliphatic rings. The summed E-state index contributed by atoms with van der Waals surface area (Å²) in [5, 5.41) is 0. The molecule has 0 aromatic heterocycles. The fourth-order valence-electron chi connectivity index (χ4n) is 1.84. The van der Waals surface area contributed by atoms with Crippen LogP contribution in [-0.4, -0.2) is 12.7 Å². The topological polar surface area (TPSA) is 9.23 Å². The van der Waals surface area contributed by atoms with Gasteiger partial charge < -0.3 is 4.74 Å². The van der Waals surface area contributed by atoms with Gasteiger partial charge in [-0.25, -0.2) is 0 Å². The Morgan fingerprint density at radius 2 is 1.59 bits per heavy atom. The van der Waals surface area contributed by atoms with Gasteiger partial charge in [0.25, 0.3) is 0 Å². The molecule has 1 atom stereocenters. The average molecular weight is 240 g/mol. The van der Waals surface area contributed by atoms with Crippen molar-refractivity contribution in [3.05, 3.63) is 12.2 Å². The third-order valence-electron chi connectivity index (χ3n) is 2.97. The van der Waals surface area contributed by atoms with Gasteiger partial charge in [0.05, 0.1) is 6.10 Å². The highest BCUT2D eigenvalue weighted by molar-refractivity contribution is 4.83. The Labute approximate surface area is 109 Å². The number of hydrogen-bond acceptors (Lipinski definition) is 1. The van der Waals surface area contributed by atoms with E-state index in [1.165, 1.54) is 44.9 Å². The lowest BCUT2D eigenvalue weighted by atomic mass is 10.1. The minimum atomic E-state index is 0.385. The summed E-state index contributed by atoms with van der Waals surface area (Å²) in [6, 6.07) is 0. The molecule has 0 bridgehead atoms. The number of allylic oxidation sites excluding steroid dienone is 1. The molecular weight excluding hydrogens is 208 g/mol. The van der Waals surface area contributed by atoms with E-state index >= 15 is 0 Å². The summed E-state index contributed by atoms with van der Waals surface area (Å²) in [4.78, 5) is 0. The summed E-state index contributed by atoms with van der Waals surface area (Å²) in [5.41, 5.74) is 0. The first-order chi connectivity index (χ1) is 8.31. The second-order valence-electron chi connectivity index (χ2n) is 4.94. The van der Waals surface area contributed by atoms with Gasteiger partial charge in [-0.15, -0.1) is 0 Å². The summed E-state index contributed by atoms with van der Waals surface area (Å²) in [5.74, 6) is 0. The van der Waals surface area contributed by atoms with Gasteiger partial charge in [0.1, 0.15) is 0 Å². The van der Waals surface area contributed by atoms with Crippen molar-refractivity contribution in [2.24, 2.45) is 0 Å². The first-order valence-corrected chi connectivity index (χ1v) is 7.57. The predicted molar refractivity (Wildman–Crippen MR) is 77.5 cm³/mol. The van der Waals surface area contributed by atoms with E-state index in [1.807, 2.05) is 0 Å². The Kier molecular flexibility index (Phi) is 13.5. The lowest BCUT2D eigenvalue weighted by Gasteiger charge is -2.09. The van der Waals surface area contributed by atoms with Crippen LogP contribution in [0.1, 0.15) is 78.6 Å². The SMILES string of the molecule is CCCCCCCC/C=C\CC(C)OCCC. The molecule has 0 spiro atoms. The lowest BCUT2D eigenvalue weighted by molar-refractivity contribution is 0.0687. The largest absolute Gasteiger partial charge is 0.378 e. The van der Waals surface area contributed by atoms with Gasteiger partial charge in [-0.2, -0.15) is 0 Å². The first kappa shape index (κ1) is 16.7. The van der Waals surface area contributed by atoms with Crippen LogP contribution >= 0.6 is 0 Å². The molecule has 0 rings (SSSR count). The molecule has 0 saturated heterocycles. The van der Waals surface area contributed by atoms with Crippen LogP contribution in [0.2, 0.25) is 0 Å². The first-order valence-electron chi connectivity index (χ1n) is 7.57. The van der Waals surface area contributed by atoms with E-state index in [-0.39, 0.29) is 0 Å². The molecule has 102 valence electrons. The van der Waals surface area contributed by atoms with Gasteiger partial charge in [-0.1, -0.05) is 58.1 Å². The highest BCUT2D eigenvalue weighted by atomic mass is 16.5. The standard InChI is InChI=1S/C16H32O/c1-4-6-7-8-9-10-11-12-13-14-16(3)17-15-5-2/h12-13,16H,4-11,14-15H2,1-3H3/b13-12-. The molecule has 1 heteroatoms. The minimum Gasteiger partial charge on any atom is -0.378 e. The van der Waals surface area contributed by atoms with Crippen LogP contribution in [0.5, 0.6) is 0 Å². The quantitative estimate of drug-likeness (QED) is 0.323. The van der Waals surface area contributed by atoms with E-state index in [0.717, 1.165) is 19.4 Å². The van der Waals surface area contributed by atoms with Crippen molar-refractivity contribution in [2.75, 3.05) is 6.61 Å². The maximum atomic E-state index is 5.61. The Balaban J connectivity index is 3.19. The van der Waals surface area contributed by atoms with Crippen molar-refractivity contribution in [3.63, 3.8) is 0 Å². The predicted octanol–water partition coefficient (Wildman–Crippen LogP) is 5.50. The van der Waals surface area contributed by atoms with Crippen LogP contribution in [0.3, 0.4) is 0 Å². The number of hydrogen-bond donors (Lipinski definition) is 0. The van der Waals surface area contributed by atoms with Crippen molar-refractivity contribution in [2.45, 2.75) is 84.7 Å². The fraction of sp³-hybridized carbons (Fsp3) is 0.875. The molecule has 0 radical (unpaired) electrons. The highest BCUT2D eigenvalue weighted by Gasteiger charge is 1.96. The van der Waals surface area contributed by atoms with Crippen LogP contribution < -0.4 is 0 Å². The van der Waals surface area contributed by atoms with Crippen molar-refractivity contribution < 1.29 is 4.74 Å². The van der Waals surface area contributed by atoms with Crippen LogP contribution in [0.15, 0.2) is 12.2 Å². The second kappa shape index (κ2) is 13.8. The van der Waals surface area contributed by atoms with Crippen LogP contribution in [0, 0.1) is 0 Å². The third-order valence-corrected chi connectivity index (χ3v) is 2.97. The van der Waals surface area contributed by atoms with E-state index in [1.54, 1.807) is 0 Å². The van der Waals surface area contributed by atoms with E-state index < -0.39 is 0 Å². The average Bonchev–Trinajstić information content (AvgIpc) is 2.34. The molecule has 0 fully saturated rings. The van der Waals surface area contributed by atoms with Crippen LogP contribution in [-0.2, 0) is 4.74 Å². The Morgan fingerprint density at radius 3 is 2.29 bits per heavy atom. The molecule has 17 heavy (non-hydrogen) atoms. The van der Waals surface area contributed by atoms with Crippen molar-refractivity contribution in [1.82, 2.24) is 0 Å². The highest BCUT2D eigenvalue weighted by Crippen LogP contribution is 2.08. The maximum Gasteiger partial charge on any atom is 0.0581 e. The molecule has 0 aromatic carbocycles. The molecule has 0 N–H and O–H groups in total.